The quantitative estimate of drug-likeness (QED) is 0.262. The van der Waals surface area contributed by atoms with Gasteiger partial charge in [-0.2, -0.15) is 10.1 Å². The molecule has 12 heteroatoms. The summed E-state index contributed by atoms with van der Waals surface area (Å²) in [6.07, 6.45) is 9.23. The Balaban J connectivity index is 0.943. The lowest BCUT2D eigenvalue weighted by atomic mass is 10.0. The third kappa shape index (κ3) is 5.44. The number of rotatable bonds is 10. The lowest BCUT2D eigenvalue weighted by Gasteiger charge is -2.36. The molecule has 1 aliphatic rings. The number of fused-ring (bicyclic) bond motifs is 1. The Labute approximate surface area is 242 Å². The van der Waals surface area contributed by atoms with Crippen molar-refractivity contribution in [3.8, 4) is 28.3 Å². The van der Waals surface area contributed by atoms with Crippen LogP contribution in [0.1, 0.15) is 23.2 Å². The SMILES string of the molecule is Cc1noc(C2CN(CCOc3ccn4c(-c5cc(NCc6ccc(-c7cnn(C)c7)cc6)ncn5)cnc4c3)C2)n1. The second-order valence-corrected chi connectivity index (χ2v) is 10.5. The van der Waals surface area contributed by atoms with Crippen LogP contribution >= 0.6 is 0 Å². The van der Waals surface area contributed by atoms with Crippen molar-refractivity contribution in [2.45, 2.75) is 19.4 Å². The smallest absolute Gasteiger partial charge is 0.232 e. The highest BCUT2D eigenvalue weighted by atomic mass is 16.5. The Morgan fingerprint density at radius 3 is 2.69 bits per heavy atom. The molecule has 1 aliphatic heterocycles. The van der Waals surface area contributed by atoms with E-state index in [1.807, 2.05) is 61.4 Å². The second kappa shape index (κ2) is 11.1. The number of hydrogen-bond donors (Lipinski definition) is 1. The molecule has 0 atom stereocenters. The maximum Gasteiger partial charge on any atom is 0.232 e. The molecule has 0 aliphatic carbocycles. The molecule has 1 aromatic carbocycles. The van der Waals surface area contributed by atoms with Crippen LogP contribution in [0.25, 0.3) is 28.2 Å². The van der Waals surface area contributed by atoms with Gasteiger partial charge in [0.1, 0.15) is 30.1 Å². The van der Waals surface area contributed by atoms with Gasteiger partial charge in [0.05, 0.1) is 29.7 Å². The van der Waals surface area contributed by atoms with Crippen LogP contribution in [0.4, 0.5) is 5.82 Å². The molecular formula is C30H30N10O2. The van der Waals surface area contributed by atoms with Gasteiger partial charge < -0.3 is 14.6 Å². The van der Waals surface area contributed by atoms with Crippen LogP contribution in [0.5, 0.6) is 5.75 Å². The Hall–Kier alpha value is -5.10. The molecule has 5 aromatic heterocycles. The van der Waals surface area contributed by atoms with Crippen molar-refractivity contribution in [1.29, 1.82) is 0 Å². The predicted molar refractivity (Wildman–Crippen MR) is 156 cm³/mol. The van der Waals surface area contributed by atoms with Crippen molar-refractivity contribution in [2.75, 3.05) is 31.6 Å². The van der Waals surface area contributed by atoms with Crippen LogP contribution in [-0.4, -0.2) is 70.4 Å². The largest absolute Gasteiger partial charge is 0.492 e. The Morgan fingerprint density at radius 1 is 1.02 bits per heavy atom. The number of nitrogens with one attached hydrogen (secondary N) is 1. The molecule has 42 heavy (non-hydrogen) atoms. The minimum absolute atomic E-state index is 0.313. The summed E-state index contributed by atoms with van der Waals surface area (Å²) >= 11 is 0. The van der Waals surface area contributed by atoms with Crippen molar-refractivity contribution < 1.29 is 9.26 Å². The number of aromatic nitrogens is 8. The van der Waals surface area contributed by atoms with Crippen molar-refractivity contribution in [3.63, 3.8) is 0 Å². The molecule has 0 spiro atoms. The van der Waals surface area contributed by atoms with Crippen LogP contribution in [0.2, 0.25) is 0 Å². The topological polar surface area (TPSA) is 124 Å². The molecule has 0 saturated carbocycles. The number of imidazole rings is 1. The Morgan fingerprint density at radius 2 is 1.90 bits per heavy atom. The van der Waals surface area contributed by atoms with E-state index >= 15 is 0 Å². The van der Waals surface area contributed by atoms with Crippen molar-refractivity contribution in [3.05, 3.63) is 90.9 Å². The number of aryl methyl sites for hydroxylation is 2. The summed E-state index contributed by atoms with van der Waals surface area (Å²) in [4.78, 5) is 20.1. The van der Waals surface area contributed by atoms with Gasteiger partial charge in [0, 0.05) is 63.3 Å². The normalized spacial score (nSPS) is 13.9. The van der Waals surface area contributed by atoms with Crippen LogP contribution in [0.3, 0.4) is 0 Å². The van der Waals surface area contributed by atoms with E-state index in [2.05, 4.69) is 64.7 Å². The van der Waals surface area contributed by atoms with Gasteiger partial charge in [-0.15, -0.1) is 0 Å². The van der Waals surface area contributed by atoms with Gasteiger partial charge in [0.2, 0.25) is 5.89 Å². The first-order valence-electron chi connectivity index (χ1n) is 13.8. The molecule has 1 saturated heterocycles. The fraction of sp³-hybridized carbons (Fsp3) is 0.267. The number of nitrogens with zero attached hydrogens (tertiary/aromatic N) is 9. The zero-order valence-electron chi connectivity index (χ0n) is 23.4. The maximum atomic E-state index is 6.02. The molecule has 1 fully saturated rings. The first kappa shape index (κ1) is 25.8. The zero-order valence-corrected chi connectivity index (χ0v) is 23.4. The average Bonchev–Trinajstić information content (AvgIpc) is 3.73. The molecule has 212 valence electrons. The van der Waals surface area contributed by atoms with E-state index in [9.17, 15) is 0 Å². The van der Waals surface area contributed by atoms with E-state index < -0.39 is 0 Å². The van der Waals surface area contributed by atoms with E-state index in [0.29, 0.717) is 24.9 Å². The number of anilines is 1. The summed E-state index contributed by atoms with van der Waals surface area (Å²) in [6, 6.07) is 14.3. The third-order valence-corrected chi connectivity index (χ3v) is 7.41. The minimum atomic E-state index is 0.313. The molecule has 0 unspecified atom stereocenters. The van der Waals surface area contributed by atoms with Gasteiger partial charge in [-0.1, -0.05) is 29.4 Å². The van der Waals surface area contributed by atoms with Gasteiger partial charge in [-0.25, -0.2) is 15.0 Å². The predicted octanol–water partition coefficient (Wildman–Crippen LogP) is 3.97. The number of ether oxygens (including phenoxy) is 1. The first-order valence-corrected chi connectivity index (χ1v) is 13.8. The fourth-order valence-electron chi connectivity index (χ4n) is 5.09. The molecule has 0 amide bonds. The summed E-state index contributed by atoms with van der Waals surface area (Å²) in [5.41, 5.74) is 5.84. The van der Waals surface area contributed by atoms with Gasteiger partial charge in [-0.05, 0) is 24.1 Å². The van der Waals surface area contributed by atoms with Gasteiger partial charge in [0.15, 0.2) is 5.82 Å². The van der Waals surface area contributed by atoms with Gasteiger partial charge in [0.25, 0.3) is 0 Å². The van der Waals surface area contributed by atoms with Crippen LogP contribution in [-0.2, 0) is 13.6 Å². The first-order chi connectivity index (χ1) is 20.6. The Bertz CT molecular complexity index is 1820. The van der Waals surface area contributed by atoms with Crippen LogP contribution in [0.15, 0.2) is 78.1 Å². The summed E-state index contributed by atoms with van der Waals surface area (Å²) in [5, 5.41) is 11.5. The summed E-state index contributed by atoms with van der Waals surface area (Å²) in [6.45, 7) is 5.72. The minimum Gasteiger partial charge on any atom is -0.492 e. The average molecular weight is 563 g/mol. The maximum absolute atomic E-state index is 6.02. The van der Waals surface area contributed by atoms with E-state index in [0.717, 1.165) is 70.8 Å². The van der Waals surface area contributed by atoms with E-state index in [1.165, 1.54) is 0 Å². The highest BCUT2D eigenvalue weighted by Crippen LogP contribution is 2.26. The van der Waals surface area contributed by atoms with E-state index in [-0.39, 0.29) is 0 Å². The third-order valence-electron chi connectivity index (χ3n) is 7.41. The Kier molecular flexibility index (Phi) is 6.80. The van der Waals surface area contributed by atoms with Crippen LogP contribution < -0.4 is 10.1 Å². The zero-order chi connectivity index (χ0) is 28.5. The molecule has 1 N–H and O–H groups in total. The number of benzene rings is 1. The van der Waals surface area contributed by atoms with Crippen molar-refractivity contribution in [1.82, 2.24) is 44.2 Å². The standard InChI is InChI=1S/C30H30N10O2/c1-20-36-30(42-37-20)24-17-39(18-24)9-10-41-25-7-8-40-27(15-32-29(40)11-25)26-12-28(34-19-33-26)31-13-21-3-5-22(6-4-21)23-14-35-38(2)16-23/h3-8,11-12,14-16,19,24H,9-10,13,17-18H2,1-2H3,(H,31,33,34). The number of pyridine rings is 1. The lowest BCUT2D eigenvalue weighted by Crippen LogP contribution is -2.46. The van der Waals surface area contributed by atoms with Crippen LogP contribution in [0, 0.1) is 6.92 Å². The fourth-order valence-corrected chi connectivity index (χ4v) is 5.09. The molecule has 0 bridgehead atoms. The molecule has 6 heterocycles. The molecular weight excluding hydrogens is 532 g/mol. The van der Waals surface area contributed by atoms with E-state index in [4.69, 9.17) is 9.26 Å². The second-order valence-electron chi connectivity index (χ2n) is 10.5. The highest BCUT2D eigenvalue weighted by molar-refractivity contribution is 5.64. The molecule has 6 aromatic rings. The van der Waals surface area contributed by atoms with Gasteiger partial charge >= 0.3 is 0 Å². The van der Waals surface area contributed by atoms with Gasteiger partial charge in [-0.3, -0.25) is 14.0 Å². The molecule has 7 rings (SSSR count). The van der Waals surface area contributed by atoms with E-state index in [1.54, 1.807) is 11.0 Å². The molecule has 12 nitrogen and oxygen atoms in total. The number of hydrogen-bond acceptors (Lipinski definition) is 10. The summed E-state index contributed by atoms with van der Waals surface area (Å²) < 4.78 is 15.1. The van der Waals surface area contributed by atoms with Crippen molar-refractivity contribution in [2.24, 2.45) is 7.05 Å². The highest BCUT2D eigenvalue weighted by Gasteiger charge is 2.32. The lowest BCUT2D eigenvalue weighted by molar-refractivity contribution is 0.104. The van der Waals surface area contributed by atoms with Crippen molar-refractivity contribution >= 4 is 11.5 Å². The monoisotopic (exact) mass is 562 g/mol. The summed E-state index contributed by atoms with van der Waals surface area (Å²) in [5.74, 6) is 3.25. The summed E-state index contributed by atoms with van der Waals surface area (Å²) in [7, 11) is 1.92. The molecule has 0 radical (unpaired) electrons. The number of likely N-dealkylation sites (tertiary alicyclic amines) is 1.